The fourth-order valence-corrected chi connectivity index (χ4v) is 7.66. The lowest BCUT2D eigenvalue weighted by Gasteiger charge is -2.25. The molecule has 0 aliphatic heterocycles. The van der Waals surface area contributed by atoms with Gasteiger partial charge in [0.05, 0.1) is 8.07 Å². The Morgan fingerprint density at radius 2 is 1.09 bits per heavy atom. The van der Waals surface area contributed by atoms with E-state index in [2.05, 4.69) is 0 Å². The predicted octanol–water partition coefficient (Wildman–Crippen LogP) is 6.54. The molecule has 32 heavy (non-hydrogen) atoms. The van der Waals surface area contributed by atoms with Crippen LogP contribution in [0.5, 0.6) is 5.75 Å². The van der Waals surface area contributed by atoms with E-state index in [1.165, 1.54) is 0 Å². The summed E-state index contributed by atoms with van der Waals surface area (Å²) in [4.78, 5) is 0. The van der Waals surface area contributed by atoms with Crippen molar-refractivity contribution in [1.82, 2.24) is 0 Å². The van der Waals surface area contributed by atoms with Gasteiger partial charge in [0.1, 0.15) is 0 Å². The number of benzene rings is 5. The van der Waals surface area contributed by atoms with Gasteiger partial charge in [-0.3, -0.25) is 0 Å². The normalized spacial score (nSPS) is 14.2. The average molecular weight is 471 g/mol. The van der Waals surface area contributed by atoms with Gasteiger partial charge in [0.15, 0.2) is 5.75 Å². The van der Waals surface area contributed by atoms with Crippen LogP contribution in [0, 0.1) is 0 Å². The third kappa shape index (κ3) is 2.34. The van der Waals surface area contributed by atoms with Crippen molar-refractivity contribution < 1.29 is 25.8 Å². The van der Waals surface area contributed by atoms with E-state index in [0.29, 0.717) is 10.6 Å². The van der Waals surface area contributed by atoms with Gasteiger partial charge in [-0.1, -0.05) is 62.1 Å². The number of hydrogen-bond acceptors (Lipinski definition) is 3. The lowest BCUT2D eigenvalue weighted by Crippen LogP contribution is -2.41. The monoisotopic (exact) mass is 470 g/mol. The van der Waals surface area contributed by atoms with E-state index >= 15 is 0 Å². The molecule has 0 aliphatic carbocycles. The molecule has 0 radical (unpaired) electrons. The van der Waals surface area contributed by atoms with Crippen molar-refractivity contribution in [2.24, 2.45) is 0 Å². The van der Waals surface area contributed by atoms with Crippen LogP contribution in [0.4, 0.5) is 13.2 Å². The summed E-state index contributed by atoms with van der Waals surface area (Å²) >= 11 is 0. The summed E-state index contributed by atoms with van der Waals surface area (Å²) in [6, 6.07) is 15.5. The fraction of sp³-hybridized carbons (Fsp3) is 0.167. The molecule has 0 saturated heterocycles. The second-order valence-corrected chi connectivity index (χ2v) is 15.9. The quantitative estimate of drug-likeness (QED) is 0.128. The van der Waals surface area contributed by atoms with E-state index in [4.69, 9.17) is 4.18 Å². The van der Waals surface area contributed by atoms with Gasteiger partial charge in [-0.25, -0.2) is 0 Å². The minimum Gasteiger partial charge on any atom is -0.375 e. The van der Waals surface area contributed by atoms with Crippen molar-refractivity contribution in [2.75, 3.05) is 0 Å². The van der Waals surface area contributed by atoms with E-state index in [1.807, 2.05) is 62.1 Å². The van der Waals surface area contributed by atoms with E-state index in [1.54, 1.807) is 6.07 Å². The summed E-state index contributed by atoms with van der Waals surface area (Å²) in [5, 5.41) is 9.62. The van der Waals surface area contributed by atoms with Crippen LogP contribution in [-0.4, -0.2) is 22.0 Å². The second-order valence-electron chi connectivity index (χ2n) is 9.34. The van der Waals surface area contributed by atoms with E-state index in [0.717, 1.165) is 48.5 Å². The standard InChI is InChI=1S/C24H17F3O3SSi/c1-32(2,3)23-16-11-9-14-7-5-12-4-6-13-8-10-15(20-18(13)17(12)19(14)21(16)20)22(23)30-31(28,29)24(25,26)27/h4-11H,1-3H3. The summed E-state index contributed by atoms with van der Waals surface area (Å²) in [5.41, 5.74) is -5.51. The van der Waals surface area contributed by atoms with Crippen molar-refractivity contribution in [3.63, 3.8) is 0 Å². The van der Waals surface area contributed by atoms with Crippen LogP contribution in [0.25, 0.3) is 53.9 Å². The summed E-state index contributed by atoms with van der Waals surface area (Å²) in [6.45, 7) is 5.94. The molecule has 0 saturated carbocycles. The van der Waals surface area contributed by atoms with Crippen molar-refractivity contribution in [2.45, 2.75) is 25.1 Å². The molecule has 0 aliphatic rings. The van der Waals surface area contributed by atoms with Crippen LogP contribution < -0.4 is 9.37 Å². The number of halogens is 3. The molecular formula is C24H17F3O3SSi. The van der Waals surface area contributed by atoms with Crippen LogP contribution in [0.15, 0.2) is 48.5 Å². The molecule has 0 atom stereocenters. The van der Waals surface area contributed by atoms with E-state index in [9.17, 15) is 21.6 Å². The van der Waals surface area contributed by atoms with Gasteiger partial charge < -0.3 is 4.18 Å². The number of rotatable bonds is 3. The van der Waals surface area contributed by atoms with Gasteiger partial charge in [0.25, 0.3) is 0 Å². The van der Waals surface area contributed by atoms with Gasteiger partial charge in [-0.15, -0.1) is 0 Å². The largest absolute Gasteiger partial charge is 0.534 e. The first-order chi connectivity index (χ1) is 14.9. The first-order valence-electron chi connectivity index (χ1n) is 10.1. The molecule has 0 unspecified atom stereocenters. The third-order valence-electron chi connectivity index (χ3n) is 6.37. The Morgan fingerprint density at radius 1 is 0.688 bits per heavy atom. The highest BCUT2D eigenvalue weighted by Gasteiger charge is 2.49. The topological polar surface area (TPSA) is 43.4 Å². The minimum atomic E-state index is -5.83. The number of hydrogen-bond donors (Lipinski definition) is 0. The third-order valence-corrected chi connectivity index (χ3v) is 9.32. The molecule has 8 heteroatoms. The lowest BCUT2D eigenvalue weighted by atomic mass is 9.99. The van der Waals surface area contributed by atoms with Crippen LogP contribution >= 0.6 is 0 Å². The Labute approximate surface area is 182 Å². The molecule has 0 heterocycles. The molecule has 6 aromatic rings. The molecule has 0 aromatic heterocycles. The number of alkyl halides is 3. The van der Waals surface area contributed by atoms with Crippen molar-refractivity contribution in [3.05, 3.63) is 48.5 Å². The van der Waals surface area contributed by atoms with Gasteiger partial charge >= 0.3 is 15.6 Å². The first-order valence-corrected chi connectivity index (χ1v) is 15.0. The Hall–Kier alpha value is -2.84. The summed E-state index contributed by atoms with van der Waals surface area (Å²) < 4.78 is 69.2. The van der Waals surface area contributed by atoms with Gasteiger partial charge in [0.2, 0.25) is 0 Å². The predicted molar refractivity (Wildman–Crippen MR) is 126 cm³/mol. The lowest BCUT2D eigenvalue weighted by molar-refractivity contribution is -0.0499. The highest BCUT2D eigenvalue weighted by Crippen LogP contribution is 2.50. The Morgan fingerprint density at radius 3 is 1.56 bits per heavy atom. The molecule has 0 N–H and O–H groups in total. The first kappa shape index (κ1) is 19.8. The Bertz CT molecular complexity index is 1780. The Balaban J connectivity index is 1.92. The summed E-state index contributed by atoms with van der Waals surface area (Å²) in [6.07, 6.45) is 0. The minimum absolute atomic E-state index is 0.185. The second kappa shape index (κ2) is 5.74. The zero-order valence-electron chi connectivity index (χ0n) is 17.4. The SMILES string of the molecule is C[Si](C)(C)c1c(OS(=O)(=O)C(F)(F)F)c2ccc3ccc4ccc5ccc1c1c5c4c3c21. The van der Waals surface area contributed by atoms with Gasteiger partial charge in [-0.05, 0) is 54.3 Å². The fourth-order valence-electron chi connectivity index (χ4n) is 5.21. The molecule has 6 rings (SSSR count). The zero-order chi connectivity index (χ0) is 22.8. The molecule has 0 spiro atoms. The van der Waals surface area contributed by atoms with E-state index < -0.39 is 23.7 Å². The maximum absolute atomic E-state index is 13.3. The highest BCUT2D eigenvalue weighted by atomic mass is 32.2. The summed E-state index contributed by atoms with van der Waals surface area (Å²) in [5.74, 6) is -0.185. The van der Waals surface area contributed by atoms with Crippen LogP contribution in [-0.2, 0) is 10.1 Å². The molecule has 6 aromatic carbocycles. The van der Waals surface area contributed by atoms with Crippen molar-refractivity contribution in [3.8, 4) is 5.75 Å². The average Bonchev–Trinajstić information content (AvgIpc) is 3.06. The summed E-state index contributed by atoms with van der Waals surface area (Å²) in [7, 11) is -8.20. The Kier molecular flexibility index (Phi) is 3.55. The molecule has 162 valence electrons. The van der Waals surface area contributed by atoms with Gasteiger partial charge in [0, 0.05) is 10.8 Å². The van der Waals surface area contributed by atoms with Crippen LogP contribution in [0.2, 0.25) is 19.6 Å². The van der Waals surface area contributed by atoms with Crippen LogP contribution in [0.1, 0.15) is 0 Å². The zero-order valence-corrected chi connectivity index (χ0v) is 19.2. The smallest absolute Gasteiger partial charge is 0.375 e. The molecule has 0 amide bonds. The molecule has 3 nitrogen and oxygen atoms in total. The molecule has 0 fully saturated rings. The van der Waals surface area contributed by atoms with Gasteiger partial charge in [-0.2, -0.15) is 21.6 Å². The highest BCUT2D eigenvalue weighted by molar-refractivity contribution is 7.88. The van der Waals surface area contributed by atoms with E-state index in [-0.39, 0.29) is 5.75 Å². The molecular weight excluding hydrogens is 453 g/mol. The van der Waals surface area contributed by atoms with Crippen molar-refractivity contribution in [1.29, 1.82) is 0 Å². The van der Waals surface area contributed by atoms with Crippen molar-refractivity contribution >= 4 is 77.2 Å². The maximum Gasteiger partial charge on any atom is 0.534 e. The maximum atomic E-state index is 13.3. The molecule has 0 bridgehead atoms. The van der Waals surface area contributed by atoms with Crippen LogP contribution in [0.3, 0.4) is 0 Å².